The highest BCUT2D eigenvalue weighted by Gasteiger charge is 2.19. The number of nitrogens with one attached hydrogen (secondary N) is 2. The van der Waals surface area contributed by atoms with E-state index in [2.05, 4.69) is 71.3 Å². The van der Waals surface area contributed by atoms with Gasteiger partial charge in [-0.05, 0) is 59.5 Å². The minimum absolute atomic E-state index is 0.0843. The number of carbonyl (C=O) groups excluding carboxylic acids is 1. The summed E-state index contributed by atoms with van der Waals surface area (Å²) in [6.45, 7) is 6.25. The molecule has 0 spiro atoms. The van der Waals surface area contributed by atoms with Gasteiger partial charge in [-0.3, -0.25) is 4.79 Å². The van der Waals surface area contributed by atoms with Crippen molar-refractivity contribution in [1.29, 1.82) is 0 Å². The normalized spacial score (nSPS) is 13.3. The predicted molar refractivity (Wildman–Crippen MR) is 124 cm³/mol. The summed E-state index contributed by atoms with van der Waals surface area (Å²) >= 11 is 0. The van der Waals surface area contributed by atoms with E-state index >= 15 is 0 Å². The molecule has 3 heteroatoms. The Labute approximate surface area is 178 Å². The lowest BCUT2D eigenvalue weighted by Crippen LogP contribution is -2.47. The SMILES string of the molecule is [CH]C(Cc1ccc2ccccc2c1)NC(=O)C(Cc1ccc2ccccc2c1)NC. The van der Waals surface area contributed by atoms with E-state index in [1.807, 2.05) is 24.3 Å². The highest BCUT2D eigenvalue weighted by atomic mass is 16.2. The van der Waals surface area contributed by atoms with Gasteiger partial charge in [-0.2, -0.15) is 0 Å². The van der Waals surface area contributed by atoms with Gasteiger partial charge in [0.15, 0.2) is 0 Å². The van der Waals surface area contributed by atoms with E-state index in [1.54, 1.807) is 7.05 Å². The molecule has 4 aromatic carbocycles. The maximum Gasteiger partial charge on any atom is 0.237 e. The highest BCUT2D eigenvalue weighted by molar-refractivity contribution is 5.85. The van der Waals surface area contributed by atoms with Crippen molar-refractivity contribution >= 4 is 27.5 Å². The van der Waals surface area contributed by atoms with E-state index < -0.39 is 6.04 Å². The van der Waals surface area contributed by atoms with Gasteiger partial charge in [0.1, 0.15) is 0 Å². The Morgan fingerprint density at radius 3 is 1.80 bits per heavy atom. The molecule has 2 N–H and O–H groups in total. The lowest BCUT2D eigenvalue weighted by molar-refractivity contribution is -0.123. The third kappa shape index (κ3) is 4.69. The Hall–Kier alpha value is -3.17. The maximum absolute atomic E-state index is 12.8. The third-order valence-corrected chi connectivity index (χ3v) is 5.52. The molecule has 0 aliphatic rings. The van der Waals surface area contributed by atoms with Crippen molar-refractivity contribution in [1.82, 2.24) is 10.6 Å². The molecule has 0 aromatic heterocycles. The van der Waals surface area contributed by atoms with Crippen LogP contribution in [-0.4, -0.2) is 25.0 Å². The number of carbonyl (C=O) groups is 1. The van der Waals surface area contributed by atoms with Crippen LogP contribution in [0.1, 0.15) is 11.1 Å². The number of amides is 1. The Morgan fingerprint density at radius 2 is 1.27 bits per heavy atom. The van der Waals surface area contributed by atoms with E-state index in [0.29, 0.717) is 12.8 Å². The number of hydrogen-bond donors (Lipinski definition) is 2. The van der Waals surface area contributed by atoms with E-state index in [-0.39, 0.29) is 11.9 Å². The Kier molecular flexibility index (Phi) is 6.10. The number of hydrogen-bond acceptors (Lipinski definition) is 2. The van der Waals surface area contributed by atoms with Crippen LogP contribution >= 0.6 is 0 Å². The van der Waals surface area contributed by atoms with Gasteiger partial charge in [0.2, 0.25) is 5.91 Å². The average Bonchev–Trinajstić information content (AvgIpc) is 2.77. The molecule has 0 bridgehead atoms. The lowest BCUT2D eigenvalue weighted by Gasteiger charge is -2.20. The third-order valence-electron chi connectivity index (χ3n) is 5.52. The van der Waals surface area contributed by atoms with Gasteiger partial charge in [0, 0.05) is 6.04 Å². The number of likely N-dealkylation sites (N-methyl/N-ethyl adjacent to an activating group) is 1. The van der Waals surface area contributed by atoms with E-state index in [9.17, 15) is 4.79 Å². The summed E-state index contributed by atoms with van der Waals surface area (Å²) in [5.74, 6) is -0.0843. The molecule has 30 heavy (non-hydrogen) atoms. The van der Waals surface area contributed by atoms with Gasteiger partial charge in [0.25, 0.3) is 0 Å². The quantitative estimate of drug-likeness (QED) is 0.482. The molecule has 1 amide bonds. The molecule has 3 nitrogen and oxygen atoms in total. The predicted octanol–water partition coefficient (Wildman–Crippen LogP) is 4.56. The van der Waals surface area contributed by atoms with Crippen LogP contribution in [0, 0.1) is 6.92 Å². The first-order chi connectivity index (χ1) is 14.6. The summed E-state index contributed by atoms with van der Waals surface area (Å²) in [6.07, 6.45) is 1.19. The van der Waals surface area contributed by atoms with Crippen molar-refractivity contribution in [3.05, 3.63) is 103 Å². The smallest absolute Gasteiger partial charge is 0.237 e. The number of rotatable bonds is 7. The molecule has 0 fully saturated rings. The summed E-state index contributed by atoms with van der Waals surface area (Å²) < 4.78 is 0. The van der Waals surface area contributed by atoms with Crippen molar-refractivity contribution in [3.8, 4) is 0 Å². The minimum atomic E-state index is -0.439. The highest BCUT2D eigenvalue weighted by Crippen LogP contribution is 2.18. The second-order valence-corrected chi connectivity index (χ2v) is 7.73. The molecule has 0 heterocycles. The molecule has 2 unspecified atom stereocenters. The van der Waals surface area contributed by atoms with Gasteiger partial charge >= 0.3 is 0 Å². The zero-order valence-electron chi connectivity index (χ0n) is 17.1. The zero-order chi connectivity index (χ0) is 20.9. The fourth-order valence-electron chi connectivity index (χ4n) is 3.88. The van der Waals surface area contributed by atoms with Crippen LogP contribution in [0.3, 0.4) is 0 Å². The van der Waals surface area contributed by atoms with Crippen LogP contribution in [0.4, 0.5) is 0 Å². The summed E-state index contributed by atoms with van der Waals surface area (Å²) in [4.78, 5) is 12.8. The standard InChI is InChI=1S/C27H26N2O/c1-19(15-20-11-13-22-7-3-5-9-24(22)16-20)29-27(30)26(28-2)18-21-12-14-23-8-4-6-10-25(23)17-21/h1,3-14,16-17,19,26,28H,15,18H2,2H3,(H,29,30). The molecule has 150 valence electrons. The van der Waals surface area contributed by atoms with E-state index in [4.69, 9.17) is 6.92 Å². The van der Waals surface area contributed by atoms with Crippen molar-refractivity contribution in [2.75, 3.05) is 7.05 Å². The first kappa shape index (κ1) is 20.1. The molecule has 0 saturated heterocycles. The topological polar surface area (TPSA) is 41.1 Å². The Bertz CT molecular complexity index is 1170. The van der Waals surface area contributed by atoms with Crippen LogP contribution in [0.2, 0.25) is 0 Å². The van der Waals surface area contributed by atoms with Crippen molar-refractivity contribution < 1.29 is 4.79 Å². The number of fused-ring (bicyclic) bond motifs is 2. The molecule has 4 rings (SSSR count). The van der Waals surface area contributed by atoms with Gasteiger partial charge in [-0.25, -0.2) is 0 Å². The van der Waals surface area contributed by atoms with Crippen molar-refractivity contribution in [2.24, 2.45) is 0 Å². The van der Waals surface area contributed by atoms with Gasteiger partial charge < -0.3 is 10.6 Å². The molecular formula is C27H26N2O. The van der Waals surface area contributed by atoms with Crippen LogP contribution in [-0.2, 0) is 17.6 Å². The second kappa shape index (κ2) is 9.10. The largest absolute Gasteiger partial charge is 0.351 e. The first-order valence-electron chi connectivity index (χ1n) is 10.3. The minimum Gasteiger partial charge on any atom is -0.351 e. The van der Waals surface area contributed by atoms with E-state index in [0.717, 1.165) is 11.1 Å². The number of benzene rings is 4. The fourth-order valence-corrected chi connectivity index (χ4v) is 3.88. The fraction of sp³-hybridized carbons (Fsp3) is 0.185. The van der Waals surface area contributed by atoms with Crippen LogP contribution in [0.25, 0.3) is 21.5 Å². The van der Waals surface area contributed by atoms with Gasteiger partial charge in [0.05, 0.1) is 6.04 Å². The van der Waals surface area contributed by atoms with Crippen LogP contribution in [0.5, 0.6) is 0 Å². The monoisotopic (exact) mass is 394 g/mol. The second-order valence-electron chi connectivity index (χ2n) is 7.73. The molecule has 4 aromatic rings. The summed E-state index contributed by atoms with van der Waals surface area (Å²) in [6, 6.07) is 28.3. The van der Waals surface area contributed by atoms with Gasteiger partial charge in [-0.15, -0.1) is 0 Å². The molecule has 2 radical (unpaired) electrons. The molecule has 0 aliphatic carbocycles. The van der Waals surface area contributed by atoms with Crippen molar-refractivity contribution in [3.63, 3.8) is 0 Å². The molecule has 0 saturated carbocycles. The van der Waals surface area contributed by atoms with Crippen molar-refractivity contribution in [2.45, 2.75) is 24.9 Å². The molecule has 2 atom stereocenters. The van der Waals surface area contributed by atoms with Gasteiger partial charge in [-0.1, -0.05) is 84.9 Å². The zero-order valence-corrected chi connectivity index (χ0v) is 17.1. The first-order valence-corrected chi connectivity index (χ1v) is 10.3. The summed E-state index contributed by atoms with van der Waals surface area (Å²) in [5.41, 5.74) is 2.23. The Morgan fingerprint density at radius 1 is 0.767 bits per heavy atom. The van der Waals surface area contributed by atoms with Crippen LogP contribution in [0.15, 0.2) is 84.9 Å². The lowest BCUT2D eigenvalue weighted by atomic mass is 10.00. The maximum atomic E-state index is 12.8. The summed E-state index contributed by atoms with van der Waals surface area (Å²) in [7, 11) is 1.81. The average molecular weight is 395 g/mol. The van der Waals surface area contributed by atoms with E-state index in [1.165, 1.54) is 21.5 Å². The molecule has 0 aliphatic heterocycles. The molecular weight excluding hydrogens is 368 g/mol. The summed E-state index contributed by atoms with van der Waals surface area (Å²) in [5, 5.41) is 10.8. The Balaban J connectivity index is 1.39. The van der Waals surface area contributed by atoms with Crippen LogP contribution < -0.4 is 10.6 Å².